The molecule has 0 atom stereocenters. The van der Waals surface area contributed by atoms with Crippen LogP contribution in [0.15, 0.2) is 61.3 Å². The zero-order valence-corrected chi connectivity index (χ0v) is 15.7. The van der Waals surface area contributed by atoms with Crippen LogP contribution in [0.4, 0.5) is 17.3 Å². The highest BCUT2D eigenvalue weighted by atomic mass is 16.5. The summed E-state index contributed by atoms with van der Waals surface area (Å²) in [7, 11) is 0. The predicted molar refractivity (Wildman–Crippen MR) is 111 cm³/mol. The van der Waals surface area contributed by atoms with Crippen molar-refractivity contribution in [1.29, 1.82) is 0 Å². The molecule has 8 heteroatoms. The van der Waals surface area contributed by atoms with E-state index in [1.54, 1.807) is 24.9 Å². The lowest BCUT2D eigenvalue weighted by Crippen LogP contribution is -2.36. The van der Waals surface area contributed by atoms with Gasteiger partial charge in [0.15, 0.2) is 5.82 Å². The molecule has 0 saturated carbocycles. The van der Waals surface area contributed by atoms with Gasteiger partial charge in [0, 0.05) is 48.3 Å². The number of benzene rings is 1. The third-order valence-electron chi connectivity index (χ3n) is 4.81. The SMILES string of the molecule is c1cc(Nc2ncnc3ccc(-c4nccc(N5CCOCC5)n4)cc23)ccn1. The van der Waals surface area contributed by atoms with Gasteiger partial charge in [-0.05, 0) is 36.4 Å². The van der Waals surface area contributed by atoms with Crippen LogP contribution in [0.2, 0.25) is 0 Å². The number of hydrogen-bond acceptors (Lipinski definition) is 8. The number of rotatable bonds is 4. The fourth-order valence-electron chi connectivity index (χ4n) is 3.32. The van der Waals surface area contributed by atoms with E-state index in [0.29, 0.717) is 5.82 Å². The van der Waals surface area contributed by atoms with Gasteiger partial charge < -0.3 is 15.0 Å². The zero-order valence-electron chi connectivity index (χ0n) is 15.7. The molecule has 0 radical (unpaired) electrons. The van der Waals surface area contributed by atoms with Crippen LogP contribution in [0.5, 0.6) is 0 Å². The molecule has 29 heavy (non-hydrogen) atoms. The van der Waals surface area contributed by atoms with Crippen LogP contribution in [0, 0.1) is 0 Å². The maximum atomic E-state index is 5.44. The molecule has 0 aliphatic carbocycles. The minimum atomic E-state index is 0.676. The largest absolute Gasteiger partial charge is 0.378 e. The second-order valence-corrected chi connectivity index (χ2v) is 6.65. The molecule has 3 aromatic heterocycles. The molecule has 5 rings (SSSR count). The number of ether oxygens (including phenoxy) is 1. The lowest BCUT2D eigenvalue weighted by atomic mass is 10.1. The molecule has 1 aliphatic rings. The van der Waals surface area contributed by atoms with Crippen LogP contribution < -0.4 is 10.2 Å². The molecule has 1 saturated heterocycles. The van der Waals surface area contributed by atoms with Gasteiger partial charge in [-0.1, -0.05) is 0 Å². The molecular weight excluding hydrogens is 366 g/mol. The summed E-state index contributed by atoms with van der Waals surface area (Å²) in [6, 6.07) is 11.7. The topological polar surface area (TPSA) is 89.0 Å². The number of hydrogen-bond donors (Lipinski definition) is 1. The van der Waals surface area contributed by atoms with Crippen LogP contribution in [0.25, 0.3) is 22.3 Å². The number of morpholine rings is 1. The van der Waals surface area contributed by atoms with Gasteiger partial charge in [-0.25, -0.2) is 19.9 Å². The molecule has 144 valence electrons. The minimum absolute atomic E-state index is 0.676. The van der Waals surface area contributed by atoms with Crippen molar-refractivity contribution in [3.8, 4) is 11.4 Å². The van der Waals surface area contributed by atoms with Crippen molar-refractivity contribution in [3.05, 3.63) is 61.3 Å². The van der Waals surface area contributed by atoms with E-state index >= 15 is 0 Å². The summed E-state index contributed by atoms with van der Waals surface area (Å²) >= 11 is 0. The van der Waals surface area contributed by atoms with E-state index in [1.165, 1.54) is 0 Å². The molecule has 1 aromatic carbocycles. The van der Waals surface area contributed by atoms with Crippen molar-refractivity contribution < 1.29 is 4.74 Å². The Balaban J connectivity index is 1.52. The Morgan fingerprint density at radius 3 is 2.62 bits per heavy atom. The van der Waals surface area contributed by atoms with Gasteiger partial charge in [-0.15, -0.1) is 0 Å². The van der Waals surface area contributed by atoms with E-state index in [1.807, 2.05) is 36.4 Å². The minimum Gasteiger partial charge on any atom is -0.378 e. The fourth-order valence-corrected chi connectivity index (χ4v) is 3.32. The summed E-state index contributed by atoms with van der Waals surface area (Å²) < 4.78 is 5.44. The molecule has 0 unspecified atom stereocenters. The van der Waals surface area contributed by atoms with E-state index in [2.05, 4.69) is 30.2 Å². The lowest BCUT2D eigenvalue weighted by molar-refractivity contribution is 0.122. The Bertz CT molecular complexity index is 1130. The van der Waals surface area contributed by atoms with Crippen molar-refractivity contribution in [2.45, 2.75) is 0 Å². The molecule has 4 heterocycles. The number of pyridine rings is 1. The maximum Gasteiger partial charge on any atom is 0.161 e. The summed E-state index contributed by atoms with van der Waals surface area (Å²) in [5.41, 5.74) is 2.68. The lowest BCUT2D eigenvalue weighted by Gasteiger charge is -2.27. The smallest absolute Gasteiger partial charge is 0.161 e. The Kier molecular flexibility index (Phi) is 4.67. The molecule has 0 amide bonds. The first-order valence-corrected chi connectivity index (χ1v) is 9.45. The summed E-state index contributed by atoms with van der Waals surface area (Å²) in [6.07, 6.45) is 6.83. The Morgan fingerprint density at radius 2 is 1.76 bits per heavy atom. The van der Waals surface area contributed by atoms with Crippen molar-refractivity contribution in [2.24, 2.45) is 0 Å². The van der Waals surface area contributed by atoms with Crippen LogP contribution in [0.1, 0.15) is 0 Å². The number of aromatic nitrogens is 5. The van der Waals surface area contributed by atoms with Crippen molar-refractivity contribution in [3.63, 3.8) is 0 Å². The summed E-state index contributed by atoms with van der Waals surface area (Å²) in [4.78, 5) is 24.3. The van der Waals surface area contributed by atoms with Gasteiger partial charge in [0.05, 0.1) is 18.7 Å². The van der Waals surface area contributed by atoms with Gasteiger partial charge >= 0.3 is 0 Å². The highest BCUT2D eigenvalue weighted by Gasteiger charge is 2.14. The van der Waals surface area contributed by atoms with E-state index in [-0.39, 0.29) is 0 Å². The number of fused-ring (bicyclic) bond motifs is 1. The first kappa shape index (κ1) is 17.4. The molecular formula is C21H19N7O. The first-order chi connectivity index (χ1) is 14.4. The number of nitrogens with one attached hydrogen (secondary N) is 1. The van der Waals surface area contributed by atoms with Gasteiger partial charge in [0.25, 0.3) is 0 Å². The van der Waals surface area contributed by atoms with E-state index in [9.17, 15) is 0 Å². The summed E-state index contributed by atoms with van der Waals surface area (Å²) in [6.45, 7) is 3.11. The molecule has 1 N–H and O–H groups in total. The third kappa shape index (κ3) is 3.70. The van der Waals surface area contributed by atoms with Crippen molar-refractivity contribution >= 4 is 28.2 Å². The van der Waals surface area contributed by atoms with Crippen LogP contribution in [0.3, 0.4) is 0 Å². The van der Waals surface area contributed by atoms with Gasteiger partial charge in [-0.2, -0.15) is 0 Å². The van der Waals surface area contributed by atoms with Crippen LogP contribution >= 0.6 is 0 Å². The third-order valence-corrected chi connectivity index (χ3v) is 4.81. The quantitative estimate of drug-likeness (QED) is 0.573. The molecule has 1 fully saturated rings. The number of nitrogens with zero attached hydrogens (tertiary/aromatic N) is 6. The predicted octanol–water partition coefficient (Wildman–Crippen LogP) is 3.06. The zero-order chi connectivity index (χ0) is 19.5. The average Bonchev–Trinajstić information content (AvgIpc) is 2.80. The van der Waals surface area contributed by atoms with Gasteiger partial charge in [-0.3, -0.25) is 4.98 Å². The highest BCUT2D eigenvalue weighted by molar-refractivity contribution is 5.93. The second-order valence-electron chi connectivity index (χ2n) is 6.65. The fraction of sp³-hybridized carbons (Fsp3) is 0.190. The molecule has 0 bridgehead atoms. The van der Waals surface area contributed by atoms with E-state index < -0.39 is 0 Å². The molecule has 4 aromatic rings. The van der Waals surface area contributed by atoms with Gasteiger partial charge in [0.1, 0.15) is 18.0 Å². The average molecular weight is 385 g/mol. The van der Waals surface area contributed by atoms with E-state index in [0.717, 1.165) is 60.1 Å². The summed E-state index contributed by atoms with van der Waals surface area (Å²) in [5, 5.41) is 4.24. The molecule has 0 spiro atoms. The first-order valence-electron chi connectivity index (χ1n) is 9.45. The normalized spacial score (nSPS) is 14.1. The molecule has 8 nitrogen and oxygen atoms in total. The highest BCUT2D eigenvalue weighted by Crippen LogP contribution is 2.27. The van der Waals surface area contributed by atoms with Gasteiger partial charge in [0.2, 0.25) is 0 Å². The van der Waals surface area contributed by atoms with Crippen LogP contribution in [-0.4, -0.2) is 51.2 Å². The Hall–Kier alpha value is -3.65. The monoisotopic (exact) mass is 385 g/mol. The summed E-state index contributed by atoms with van der Waals surface area (Å²) in [5.74, 6) is 2.32. The maximum absolute atomic E-state index is 5.44. The molecule has 1 aliphatic heterocycles. The van der Waals surface area contributed by atoms with Crippen LogP contribution in [-0.2, 0) is 4.74 Å². The van der Waals surface area contributed by atoms with Crippen molar-refractivity contribution in [1.82, 2.24) is 24.9 Å². The Labute approximate surface area is 167 Å². The standard InChI is InChI=1S/C21H19N7O/c1-2-18-17(21(25-14-24-18)26-16-3-6-22-7-4-16)13-15(1)20-23-8-5-19(27-20)28-9-11-29-12-10-28/h1-8,13-14H,9-12H2,(H,22,24,25,26). The Morgan fingerprint density at radius 1 is 0.897 bits per heavy atom. The van der Waals surface area contributed by atoms with Crippen molar-refractivity contribution in [2.75, 3.05) is 36.5 Å². The second kappa shape index (κ2) is 7.76. The van der Waals surface area contributed by atoms with E-state index in [4.69, 9.17) is 9.72 Å². The number of anilines is 3.